The van der Waals surface area contributed by atoms with Crippen molar-refractivity contribution in [3.05, 3.63) is 130 Å². The first-order chi connectivity index (χ1) is 15.0. The highest BCUT2D eigenvalue weighted by Gasteiger charge is 2.45. The molecule has 0 saturated carbocycles. The largest absolute Gasteiger partial charge is 0.0713 e. The van der Waals surface area contributed by atoms with Crippen molar-refractivity contribution in [2.75, 3.05) is 0 Å². The quantitative estimate of drug-likeness (QED) is 0.283. The van der Waals surface area contributed by atoms with Crippen LogP contribution in [0.5, 0.6) is 0 Å². The molecule has 0 saturated heterocycles. The van der Waals surface area contributed by atoms with Crippen molar-refractivity contribution < 1.29 is 0 Å². The van der Waals surface area contributed by atoms with Gasteiger partial charge in [-0.1, -0.05) is 125 Å². The van der Waals surface area contributed by atoms with E-state index in [-0.39, 0.29) is 5.41 Å². The number of hydrogen-bond acceptors (Lipinski definition) is 0. The van der Waals surface area contributed by atoms with Crippen LogP contribution in [0.3, 0.4) is 0 Å². The van der Waals surface area contributed by atoms with Crippen LogP contribution in [-0.4, -0.2) is 0 Å². The summed E-state index contributed by atoms with van der Waals surface area (Å²) in [5.74, 6) is 1.04. The Morgan fingerprint density at radius 1 is 0.484 bits per heavy atom. The van der Waals surface area contributed by atoms with E-state index in [0.717, 1.165) is 0 Å². The lowest BCUT2D eigenvalue weighted by atomic mass is 9.67. The van der Waals surface area contributed by atoms with Crippen LogP contribution in [0.4, 0.5) is 0 Å². The van der Waals surface area contributed by atoms with Gasteiger partial charge in [0.05, 0.1) is 5.41 Å². The van der Waals surface area contributed by atoms with Crippen molar-refractivity contribution in [1.82, 2.24) is 0 Å². The fourth-order valence-electron chi connectivity index (χ4n) is 5.26. The van der Waals surface area contributed by atoms with Gasteiger partial charge in [-0.3, -0.25) is 0 Å². The lowest BCUT2D eigenvalue weighted by Gasteiger charge is -2.34. The fraction of sp³-hybridized carbons (Fsp3) is 0.226. The summed E-state index contributed by atoms with van der Waals surface area (Å²) in [5, 5.41) is 0. The standard InChI is InChI=1S/C31H30/c1-21(2)23-14-17-26(18-15-23)31(25-10-6-5-7-11-25)29-13-9-8-12-27(29)28-20-24(22(3)4)16-19-30(28)31/h5-22H,1-4H3. The Bertz CT molecular complexity index is 1210. The molecule has 4 aromatic carbocycles. The molecular formula is C31H30. The zero-order chi connectivity index (χ0) is 21.6. The van der Waals surface area contributed by atoms with Gasteiger partial charge >= 0.3 is 0 Å². The number of rotatable bonds is 4. The molecule has 0 amide bonds. The van der Waals surface area contributed by atoms with Gasteiger partial charge in [0.1, 0.15) is 0 Å². The molecule has 0 radical (unpaired) electrons. The van der Waals surface area contributed by atoms with Gasteiger partial charge in [-0.15, -0.1) is 0 Å². The lowest BCUT2D eigenvalue weighted by molar-refractivity contribution is 0.763. The van der Waals surface area contributed by atoms with Gasteiger partial charge in [0.15, 0.2) is 0 Å². The SMILES string of the molecule is CC(C)c1ccc(C2(c3ccccc3)c3ccccc3-c3cc(C(C)C)ccc32)cc1. The van der Waals surface area contributed by atoms with Gasteiger partial charge in [-0.25, -0.2) is 0 Å². The van der Waals surface area contributed by atoms with Crippen molar-refractivity contribution in [1.29, 1.82) is 0 Å². The third-order valence-corrected chi connectivity index (χ3v) is 6.95. The van der Waals surface area contributed by atoms with E-state index in [1.165, 1.54) is 44.5 Å². The second-order valence-corrected chi connectivity index (χ2v) is 9.40. The summed E-state index contributed by atoms with van der Waals surface area (Å²) in [4.78, 5) is 0. The number of hydrogen-bond donors (Lipinski definition) is 0. The van der Waals surface area contributed by atoms with Crippen LogP contribution in [0.25, 0.3) is 11.1 Å². The Morgan fingerprint density at radius 2 is 1.03 bits per heavy atom. The predicted molar refractivity (Wildman–Crippen MR) is 132 cm³/mol. The monoisotopic (exact) mass is 402 g/mol. The molecule has 5 rings (SSSR count). The third-order valence-electron chi connectivity index (χ3n) is 6.95. The van der Waals surface area contributed by atoms with Gasteiger partial charge in [0, 0.05) is 0 Å². The molecule has 0 heterocycles. The van der Waals surface area contributed by atoms with Crippen molar-refractivity contribution in [3.63, 3.8) is 0 Å². The molecule has 1 aliphatic carbocycles. The first kappa shape index (κ1) is 19.8. The summed E-state index contributed by atoms with van der Waals surface area (Å²) in [5.41, 5.74) is 10.7. The molecule has 0 N–H and O–H groups in total. The minimum Gasteiger partial charge on any atom is -0.0622 e. The normalized spacial score (nSPS) is 17.1. The van der Waals surface area contributed by atoms with E-state index >= 15 is 0 Å². The summed E-state index contributed by atoms with van der Waals surface area (Å²) in [6.45, 7) is 9.07. The number of benzene rings is 4. The molecule has 1 atom stereocenters. The fourth-order valence-corrected chi connectivity index (χ4v) is 5.26. The maximum absolute atomic E-state index is 2.42. The predicted octanol–water partition coefficient (Wildman–Crippen LogP) is 8.30. The maximum atomic E-state index is 2.42. The van der Waals surface area contributed by atoms with E-state index in [1.54, 1.807) is 0 Å². The third kappa shape index (κ3) is 2.97. The van der Waals surface area contributed by atoms with Crippen molar-refractivity contribution >= 4 is 0 Å². The molecular weight excluding hydrogens is 372 g/mol. The van der Waals surface area contributed by atoms with Crippen LogP contribution < -0.4 is 0 Å². The van der Waals surface area contributed by atoms with E-state index in [1.807, 2.05) is 0 Å². The van der Waals surface area contributed by atoms with Gasteiger partial charge in [0.2, 0.25) is 0 Å². The minimum absolute atomic E-state index is 0.293. The van der Waals surface area contributed by atoms with Crippen molar-refractivity contribution in [2.24, 2.45) is 0 Å². The molecule has 0 fully saturated rings. The van der Waals surface area contributed by atoms with Gasteiger partial charge in [0.25, 0.3) is 0 Å². The Kier molecular flexibility index (Phi) is 4.82. The molecule has 0 aliphatic heterocycles. The zero-order valence-corrected chi connectivity index (χ0v) is 18.9. The van der Waals surface area contributed by atoms with E-state index in [4.69, 9.17) is 0 Å². The molecule has 1 unspecified atom stereocenters. The van der Waals surface area contributed by atoms with Crippen molar-refractivity contribution in [2.45, 2.75) is 44.9 Å². The zero-order valence-electron chi connectivity index (χ0n) is 18.9. The first-order valence-electron chi connectivity index (χ1n) is 11.4. The van der Waals surface area contributed by atoms with Crippen LogP contribution in [0, 0.1) is 0 Å². The second-order valence-electron chi connectivity index (χ2n) is 9.40. The molecule has 0 heteroatoms. The summed E-state index contributed by atoms with van der Waals surface area (Å²) >= 11 is 0. The topological polar surface area (TPSA) is 0 Å². The Balaban J connectivity index is 1.88. The van der Waals surface area contributed by atoms with Gasteiger partial charge in [-0.2, -0.15) is 0 Å². The molecule has 0 aromatic heterocycles. The highest BCUT2D eigenvalue weighted by molar-refractivity contribution is 5.86. The molecule has 0 bridgehead atoms. The van der Waals surface area contributed by atoms with Gasteiger partial charge < -0.3 is 0 Å². The van der Waals surface area contributed by atoms with Crippen LogP contribution in [0.1, 0.15) is 72.9 Å². The minimum atomic E-state index is -0.293. The van der Waals surface area contributed by atoms with Crippen LogP contribution in [0.15, 0.2) is 97.1 Å². The second kappa shape index (κ2) is 7.54. The molecule has 0 spiro atoms. The average molecular weight is 403 g/mol. The molecule has 0 nitrogen and oxygen atoms in total. The van der Waals surface area contributed by atoms with Crippen LogP contribution in [-0.2, 0) is 5.41 Å². The molecule has 1 aliphatic rings. The van der Waals surface area contributed by atoms with Crippen LogP contribution in [0.2, 0.25) is 0 Å². The molecule has 154 valence electrons. The summed E-state index contributed by atoms with van der Waals surface area (Å²) in [7, 11) is 0. The van der Waals surface area contributed by atoms with Crippen molar-refractivity contribution in [3.8, 4) is 11.1 Å². The summed E-state index contributed by atoms with van der Waals surface area (Å²) in [6, 6.07) is 36.5. The highest BCUT2D eigenvalue weighted by atomic mass is 14.5. The molecule has 31 heavy (non-hydrogen) atoms. The first-order valence-corrected chi connectivity index (χ1v) is 11.4. The molecule has 4 aromatic rings. The maximum Gasteiger partial charge on any atom is 0.0713 e. The highest BCUT2D eigenvalue weighted by Crippen LogP contribution is 2.56. The Labute approximate surface area is 186 Å². The Hall–Kier alpha value is -3.12. The van der Waals surface area contributed by atoms with E-state index < -0.39 is 0 Å². The van der Waals surface area contributed by atoms with E-state index in [0.29, 0.717) is 11.8 Å². The van der Waals surface area contributed by atoms with Crippen LogP contribution >= 0.6 is 0 Å². The van der Waals surface area contributed by atoms with Gasteiger partial charge in [-0.05, 0) is 56.3 Å². The Morgan fingerprint density at radius 3 is 1.71 bits per heavy atom. The summed E-state index contributed by atoms with van der Waals surface area (Å²) in [6.07, 6.45) is 0. The van der Waals surface area contributed by atoms with E-state index in [9.17, 15) is 0 Å². The average Bonchev–Trinajstić information content (AvgIpc) is 3.10. The smallest absolute Gasteiger partial charge is 0.0622 e. The lowest BCUT2D eigenvalue weighted by Crippen LogP contribution is -2.28. The number of fused-ring (bicyclic) bond motifs is 3. The summed E-state index contributed by atoms with van der Waals surface area (Å²) < 4.78 is 0. The van der Waals surface area contributed by atoms with E-state index in [2.05, 4.69) is 125 Å².